The zero-order valence-electron chi connectivity index (χ0n) is 14.9. The van der Waals surface area contributed by atoms with Crippen LogP contribution in [0.15, 0.2) is 18.2 Å². The third-order valence-corrected chi connectivity index (χ3v) is 5.02. The van der Waals surface area contributed by atoms with Gasteiger partial charge in [-0.15, -0.1) is 0 Å². The molecule has 1 aromatic rings. The van der Waals surface area contributed by atoms with Gasteiger partial charge in [-0.1, -0.05) is 19.1 Å². The van der Waals surface area contributed by atoms with Crippen molar-refractivity contribution in [3.63, 3.8) is 0 Å². The molecule has 0 saturated carbocycles. The van der Waals surface area contributed by atoms with Crippen LogP contribution in [0.4, 0.5) is 26.3 Å². The summed E-state index contributed by atoms with van der Waals surface area (Å²) in [6.45, 7) is 1.93. The van der Waals surface area contributed by atoms with Crippen molar-refractivity contribution in [2.45, 2.75) is 43.8 Å². The molecule has 4 atom stereocenters. The molecule has 1 aliphatic rings. The van der Waals surface area contributed by atoms with Gasteiger partial charge in [0.05, 0.1) is 19.8 Å². The van der Waals surface area contributed by atoms with Gasteiger partial charge >= 0.3 is 18.3 Å². The van der Waals surface area contributed by atoms with Crippen molar-refractivity contribution in [1.82, 2.24) is 0 Å². The van der Waals surface area contributed by atoms with E-state index in [-0.39, 0.29) is 5.56 Å². The fourth-order valence-corrected chi connectivity index (χ4v) is 3.39. The quantitative estimate of drug-likeness (QED) is 0.560. The van der Waals surface area contributed by atoms with Crippen molar-refractivity contribution in [3.05, 3.63) is 29.3 Å². The number of hydrogen-bond donors (Lipinski definition) is 0. The Morgan fingerprint density at radius 2 is 1.74 bits per heavy atom. The second-order valence-corrected chi connectivity index (χ2v) is 6.41. The van der Waals surface area contributed by atoms with Gasteiger partial charge in [-0.25, -0.2) is 4.79 Å². The molecule has 1 saturated heterocycles. The normalized spacial score (nSPS) is 28.9. The van der Waals surface area contributed by atoms with E-state index in [4.69, 9.17) is 9.47 Å². The van der Waals surface area contributed by atoms with Gasteiger partial charge in [0.25, 0.3) is 0 Å². The topological polar surface area (TPSA) is 44.8 Å². The van der Waals surface area contributed by atoms with Crippen LogP contribution in [0.3, 0.4) is 0 Å². The van der Waals surface area contributed by atoms with Crippen LogP contribution in [0, 0.1) is 5.92 Å². The summed E-state index contributed by atoms with van der Waals surface area (Å²) in [7, 11) is 1.94. The summed E-state index contributed by atoms with van der Waals surface area (Å²) >= 11 is 0. The molecular weight excluding hydrogens is 382 g/mol. The minimum absolute atomic E-state index is 0.205. The van der Waals surface area contributed by atoms with Gasteiger partial charge in [0.15, 0.2) is 11.7 Å². The monoisotopic (exact) mass is 400 g/mol. The van der Waals surface area contributed by atoms with Crippen molar-refractivity contribution >= 4 is 5.97 Å². The number of ether oxygens (including phenoxy) is 3. The van der Waals surface area contributed by atoms with Crippen LogP contribution in [0.5, 0.6) is 5.75 Å². The first kappa shape index (κ1) is 21.3. The Morgan fingerprint density at radius 3 is 2.19 bits per heavy atom. The van der Waals surface area contributed by atoms with Crippen LogP contribution in [0.2, 0.25) is 0 Å². The van der Waals surface area contributed by atoms with Gasteiger partial charge in [-0.2, -0.15) is 26.3 Å². The Labute approximate surface area is 151 Å². The Bertz CT molecular complexity index is 714. The smallest absolute Gasteiger partial charge is 0.419 e. The van der Waals surface area contributed by atoms with Gasteiger partial charge in [0, 0.05) is 17.4 Å². The maximum Gasteiger partial charge on any atom is 0.419 e. The maximum atomic E-state index is 13.6. The SMILES string of the molecule is COC(=O)[C@@H]1O[C@@](C)(C(F)(F)F)[C@@H](C)[C@H]1c1cccc(C(F)(F)F)c1OC. The number of rotatable bonds is 3. The highest BCUT2D eigenvalue weighted by Gasteiger charge is 2.66. The minimum Gasteiger partial charge on any atom is -0.496 e. The summed E-state index contributed by atoms with van der Waals surface area (Å²) in [4.78, 5) is 12.1. The van der Waals surface area contributed by atoms with Crippen molar-refractivity contribution in [2.24, 2.45) is 5.92 Å². The van der Waals surface area contributed by atoms with E-state index in [0.29, 0.717) is 0 Å². The van der Waals surface area contributed by atoms with Gasteiger partial charge < -0.3 is 14.2 Å². The summed E-state index contributed by atoms with van der Waals surface area (Å²) < 4.78 is 95.0. The molecule has 0 radical (unpaired) electrons. The molecule has 0 aromatic heterocycles. The Kier molecular flexibility index (Phi) is 5.44. The standard InChI is InChI=1S/C17H18F6O4/c1-8-11(9-6-5-7-10(12(9)25-3)16(18,19)20)13(14(24)26-4)27-15(8,2)17(21,22)23/h5-8,11,13H,1-4H3/t8-,11-,13+,15+/m0/s1. The number of esters is 1. The lowest BCUT2D eigenvalue weighted by molar-refractivity contribution is -0.274. The highest BCUT2D eigenvalue weighted by molar-refractivity contribution is 5.77. The van der Waals surface area contributed by atoms with E-state index in [1.54, 1.807) is 0 Å². The van der Waals surface area contributed by atoms with Crippen molar-refractivity contribution in [2.75, 3.05) is 14.2 Å². The van der Waals surface area contributed by atoms with E-state index in [1.165, 1.54) is 13.0 Å². The number of para-hydroxylation sites is 1. The number of carbonyl (C=O) groups is 1. The number of methoxy groups -OCH3 is 2. The predicted molar refractivity (Wildman–Crippen MR) is 81.3 cm³/mol. The summed E-state index contributed by atoms with van der Waals surface area (Å²) in [5, 5.41) is 0. The molecular formula is C17H18F6O4. The lowest BCUT2D eigenvalue weighted by Crippen LogP contribution is -2.47. The molecule has 0 N–H and O–H groups in total. The number of carbonyl (C=O) groups excluding carboxylic acids is 1. The van der Waals surface area contributed by atoms with E-state index in [2.05, 4.69) is 4.74 Å². The first-order chi connectivity index (χ1) is 12.3. The fourth-order valence-electron chi connectivity index (χ4n) is 3.39. The molecule has 27 heavy (non-hydrogen) atoms. The van der Waals surface area contributed by atoms with Crippen LogP contribution in [-0.4, -0.2) is 38.1 Å². The first-order valence-electron chi connectivity index (χ1n) is 7.86. The Morgan fingerprint density at radius 1 is 1.15 bits per heavy atom. The highest BCUT2D eigenvalue weighted by atomic mass is 19.4. The number of hydrogen-bond acceptors (Lipinski definition) is 4. The van der Waals surface area contributed by atoms with E-state index in [1.807, 2.05) is 0 Å². The van der Waals surface area contributed by atoms with E-state index < -0.39 is 53.2 Å². The molecule has 1 fully saturated rings. The third kappa shape index (κ3) is 3.46. The molecule has 0 unspecified atom stereocenters. The highest BCUT2D eigenvalue weighted by Crippen LogP contribution is 2.55. The first-order valence-corrected chi connectivity index (χ1v) is 7.86. The average molecular weight is 400 g/mol. The van der Waals surface area contributed by atoms with E-state index in [9.17, 15) is 31.1 Å². The Hall–Kier alpha value is -1.97. The molecule has 1 aromatic carbocycles. The summed E-state index contributed by atoms with van der Waals surface area (Å²) in [5.74, 6) is -4.51. The third-order valence-electron chi connectivity index (χ3n) is 5.02. The fraction of sp³-hybridized carbons (Fsp3) is 0.588. The lowest BCUT2D eigenvalue weighted by Gasteiger charge is -2.32. The molecule has 0 amide bonds. The molecule has 2 rings (SSSR count). The minimum atomic E-state index is -4.86. The number of halogens is 6. The summed E-state index contributed by atoms with van der Waals surface area (Å²) in [6.07, 6.45) is -11.4. The second kappa shape index (κ2) is 6.88. The van der Waals surface area contributed by atoms with Crippen LogP contribution >= 0.6 is 0 Å². The number of benzene rings is 1. The Balaban J connectivity index is 2.69. The molecule has 152 valence electrons. The zero-order chi connectivity index (χ0) is 20.8. The largest absolute Gasteiger partial charge is 0.496 e. The molecule has 4 nitrogen and oxygen atoms in total. The summed E-state index contributed by atoms with van der Waals surface area (Å²) in [5.41, 5.74) is -4.11. The molecule has 0 aliphatic carbocycles. The second-order valence-electron chi connectivity index (χ2n) is 6.41. The number of alkyl halides is 6. The molecule has 1 heterocycles. The van der Waals surface area contributed by atoms with Crippen LogP contribution in [-0.2, 0) is 20.4 Å². The van der Waals surface area contributed by atoms with Gasteiger partial charge in [-0.3, -0.25) is 0 Å². The zero-order valence-corrected chi connectivity index (χ0v) is 14.9. The van der Waals surface area contributed by atoms with E-state index >= 15 is 0 Å². The van der Waals surface area contributed by atoms with Crippen molar-refractivity contribution in [1.29, 1.82) is 0 Å². The molecule has 0 spiro atoms. The van der Waals surface area contributed by atoms with Crippen LogP contribution in [0.25, 0.3) is 0 Å². The van der Waals surface area contributed by atoms with Crippen molar-refractivity contribution in [3.8, 4) is 5.75 Å². The molecule has 10 heteroatoms. The van der Waals surface area contributed by atoms with Gasteiger partial charge in [0.2, 0.25) is 0 Å². The van der Waals surface area contributed by atoms with Gasteiger partial charge in [0.1, 0.15) is 5.75 Å². The van der Waals surface area contributed by atoms with Crippen LogP contribution in [0.1, 0.15) is 30.9 Å². The van der Waals surface area contributed by atoms with Gasteiger partial charge in [-0.05, 0) is 13.0 Å². The molecule has 0 bridgehead atoms. The van der Waals surface area contributed by atoms with Crippen molar-refractivity contribution < 1.29 is 45.3 Å². The van der Waals surface area contributed by atoms with Crippen LogP contribution < -0.4 is 4.74 Å². The lowest BCUT2D eigenvalue weighted by atomic mass is 9.76. The maximum absolute atomic E-state index is 13.6. The molecule has 1 aliphatic heterocycles. The average Bonchev–Trinajstić information content (AvgIpc) is 2.85. The predicted octanol–water partition coefficient (Wildman–Crippen LogP) is 4.33. The summed E-state index contributed by atoms with van der Waals surface area (Å²) in [6, 6.07) is 2.99. The van der Waals surface area contributed by atoms with E-state index in [0.717, 1.165) is 33.3 Å².